The Morgan fingerprint density at radius 1 is 0.526 bits per heavy atom. The van der Waals surface area contributed by atoms with Gasteiger partial charge in [0.2, 0.25) is 5.82 Å². The predicted molar refractivity (Wildman–Crippen MR) is 157 cm³/mol. The van der Waals surface area contributed by atoms with Gasteiger partial charge in [0, 0.05) is 17.8 Å². The first-order valence-corrected chi connectivity index (χ1v) is 12.8. The molecule has 0 unspecified atom stereocenters. The maximum Gasteiger partial charge on any atom is 0.273 e. The van der Waals surface area contributed by atoms with E-state index in [0.29, 0.717) is 0 Å². The number of para-hydroxylation sites is 2. The summed E-state index contributed by atoms with van der Waals surface area (Å²) in [6.45, 7) is 4.29. The molecule has 184 valence electrons. The second-order valence-electron chi connectivity index (χ2n) is 9.54. The van der Waals surface area contributed by atoms with E-state index in [1.807, 2.05) is 24.3 Å². The summed E-state index contributed by atoms with van der Waals surface area (Å²) in [5.41, 5.74) is 11.2. The van der Waals surface area contributed by atoms with Gasteiger partial charge >= 0.3 is 0 Å². The van der Waals surface area contributed by atoms with Gasteiger partial charge in [-0.1, -0.05) is 72.8 Å². The van der Waals surface area contributed by atoms with E-state index in [0.717, 1.165) is 34.0 Å². The number of hydrogen-bond donors (Lipinski definition) is 2. The van der Waals surface area contributed by atoms with Gasteiger partial charge in [0.1, 0.15) is 5.69 Å². The van der Waals surface area contributed by atoms with Crippen molar-refractivity contribution in [2.45, 2.75) is 13.8 Å². The van der Waals surface area contributed by atoms with Crippen LogP contribution in [0.25, 0.3) is 33.3 Å². The van der Waals surface area contributed by atoms with Crippen LogP contribution in [0, 0.1) is 13.8 Å². The highest BCUT2D eigenvalue weighted by Gasteiger charge is 2.15. The van der Waals surface area contributed by atoms with E-state index in [-0.39, 0.29) is 0 Å². The Balaban J connectivity index is 1.30. The molecular weight excluding hydrogens is 464 g/mol. The molecule has 0 aliphatic carbocycles. The number of nitrogens with two attached hydrogens (primary N) is 1. The maximum absolute atomic E-state index is 4.96. The predicted octanol–water partition coefficient (Wildman–Crippen LogP) is 7.85. The monoisotopic (exact) mass is 493 g/mol. The van der Waals surface area contributed by atoms with E-state index in [1.165, 1.54) is 33.4 Å². The fraction of sp³-hybridized carbons (Fsp3) is 0.0588. The van der Waals surface area contributed by atoms with Gasteiger partial charge in [-0.2, -0.15) is 4.98 Å². The van der Waals surface area contributed by atoms with Gasteiger partial charge in [0.15, 0.2) is 0 Å². The molecule has 0 radical (unpaired) electrons. The van der Waals surface area contributed by atoms with Gasteiger partial charge in [-0.05, 0) is 83.6 Å². The highest BCUT2D eigenvalue weighted by molar-refractivity contribution is 5.80. The summed E-state index contributed by atoms with van der Waals surface area (Å²) < 4.78 is 0. The Kier molecular flexibility index (Phi) is 6.39. The van der Waals surface area contributed by atoms with Crippen molar-refractivity contribution >= 4 is 34.0 Å². The molecule has 38 heavy (non-hydrogen) atoms. The fourth-order valence-electron chi connectivity index (χ4n) is 4.79. The summed E-state index contributed by atoms with van der Waals surface area (Å²) in [4.78, 5) is 9.89. The van der Waals surface area contributed by atoms with Crippen LogP contribution in [-0.2, 0) is 0 Å². The van der Waals surface area contributed by atoms with Crippen molar-refractivity contribution in [2.24, 2.45) is 0 Å². The summed E-state index contributed by atoms with van der Waals surface area (Å²) in [6, 6.07) is 42.0. The average molecular weight is 494 g/mol. The highest BCUT2D eigenvalue weighted by atomic mass is 15.1. The molecule has 6 rings (SSSR count). The minimum Gasteiger partial charge on any atom is -0.334 e. The SMILES string of the molecule is Cc1ccccc1-c1ccc(Nc2nc3ccccc3nc2[NH2+]c2ccc(-c3ccccc3C)cc2)cc1. The van der Waals surface area contributed by atoms with Gasteiger partial charge in [-0.3, -0.25) is 5.32 Å². The molecule has 0 saturated heterocycles. The summed E-state index contributed by atoms with van der Waals surface area (Å²) in [7, 11) is 0. The van der Waals surface area contributed by atoms with Gasteiger partial charge < -0.3 is 5.32 Å². The number of quaternary nitrogens is 1. The topological polar surface area (TPSA) is 54.4 Å². The molecule has 6 aromatic rings. The fourth-order valence-corrected chi connectivity index (χ4v) is 4.79. The lowest BCUT2D eigenvalue weighted by Gasteiger charge is -2.12. The van der Waals surface area contributed by atoms with Gasteiger partial charge in [0.05, 0.1) is 11.0 Å². The molecule has 0 bridgehead atoms. The Morgan fingerprint density at radius 3 is 1.61 bits per heavy atom. The summed E-state index contributed by atoms with van der Waals surface area (Å²) in [5.74, 6) is 1.53. The van der Waals surface area contributed by atoms with Crippen LogP contribution in [0.3, 0.4) is 0 Å². The van der Waals surface area contributed by atoms with Crippen LogP contribution >= 0.6 is 0 Å². The molecule has 0 aliphatic heterocycles. The zero-order valence-electron chi connectivity index (χ0n) is 21.5. The lowest BCUT2D eigenvalue weighted by Crippen LogP contribution is -2.71. The maximum atomic E-state index is 4.96. The molecule has 0 saturated carbocycles. The molecular formula is C34H29N4+. The van der Waals surface area contributed by atoms with Crippen molar-refractivity contribution < 1.29 is 5.32 Å². The van der Waals surface area contributed by atoms with E-state index in [2.05, 4.69) is 122 Å². The van der Waals surface area contributed by atoms with Crippen LogP contribution in [0.4, 0.5) is 23.0 Å². The van der Waals surface area contributed by atoms with E-state index in [9.17, 15) is 0 Å². The standard InChI is InChI=1S/C34H28N4/c1-23-9-3-5-11-29(23)25-15-19-27(20-16-25)35-33-34(38-32-14-8-7-13-31(32)37-33)36-28-21-17-26(18-22-28)30-12-6-4-10-24(30)2/h3-22H,1-2H3,(H,35,37)(H,36,38)/p+1. The van der Waals surface area contributed by atoms with Gasteiger partial charge in [-0.25, -0.2) is 4.98 Å². The summed E-state index contributed by atoms with van der Waals surface area (Å²) in [5, 5.41) is 5.61. The number of hydrogen-bond acceptors (Lipinski definition) is 3. The zero-order chi connectivity index (χ0) is 25.9. The summed E-state index contributed by atoms with van der Waals surface area (Å²) >= 11 is 0. The Bertz CT molecular complexity index is 1590. The third kappa shape index (κ3) is 4.90. The zero-order valence-corrected chi connectivity index (χ0v) is 21.5. The largest absolute Gasteiger partial charge is 0.334 e. The van der Waals surface area contributed by atoms with E-state index in [4.69, 9.17) is 9.97 Å². The molecule has 0 atom stereocenters. The molecule has 0 fully saturated rings. The Labute approximate surface area is 223 Å². The lowest BCUT2D eigenvalue weighted by atomic mass is 10.0. The number of aromatic nitrogens is 2. The smallest absolute Gasteiger partial charge is 0.273 e. The third-order valence-electron chi connectivity index (χ3n) is 6.87. The second kappa shape index (κ2) is 10.3. The van der Waals surface area contributed by atoms with E-state index < -0.39 is 0 Å². The number of aryl methyl sites for hydroxylation is 2. The molecule has 1 heterocycles. The molecule has 0 amide bonds. The molecule has 0 spiro atoms. The van der Waals surface area contributed by atoms with Crippen LogP contribution in [0.15, 0.2) is 121 Å². The lowest BCUT2D eigenvalue weighted by molar-refractivity contribution is -0.482. The number of anilines is 2. The molecule has 0 aliphatic rings. The van der Waals surface area contributed by atoms with Crippen LogP contribution in [0.5, 0.6) is 0 Å². The van der Waals surface area contributed by atoms with Crippen LogP contribution in [-0.4, -0.2) is 9.97 Å². The van der Waals surface area contributed by atoms with Crippen molar-refractivity contribution in [3.8, 4) is 22.3 Å². The van der Waals surface area contributed by atoms with Gasteiger partial charge in [0.25, 0.3) is 5.82 Å². The number of fused-ring (bicyclic) bond motifs is 1. The highest BCUT2D eigenvalue weighted by Crippen LogP contribution is 2.28. The Morgan fingerprint density at radius 2 is 1.03 bits per heavy atom. The van der Waals surface area contributed by atoms with Gasteiger partial charge in [-0.15, -0.1) is 0 Å². The first kappa shape index (κ1) is 23.6. The summed E-state index contributed by atoms with van der Waals surface area (Å²) in [6.07, 6.45) is 0. The molecule has 4 nitrogen and oxygen atoms in total. The van der Waals surface area contributed by atoms with Crippen molar-refractivity contribution in [2.75, 3.05) is 5.32 Å². The van der Waals surface area contributed by atoms with E-state index in [1.54, 1.807) is 0 Å². The van der Waals surface area contributed by atoms with Crippen LogP contribution in [0.2, 0.25) is 0 Å². The quantitative estimate of drug-likeness (QED) is 0.232. The third-order valence-corrected chi connectivity index (χ3v) is 6.87. The Hall–Kier alpha value is -4.80. The first-order valence-electron chi connectivity index (χ1n) is 12.8. The molecule has 1 aromatic heterocycles. The molecule has 4 heteroatoms. The normalized spacial score (nSPS) is 11.0. The average Bonchev–Trinajstić information content (AvgIpc) is 2.95. The second-order valence-corrected chi connectivity index (χ2v) is 9.54. The van der Waals surface area contributed by atoms with E-state index >= 15 is 0 Å². The minimum atomic E-state index is 0.732. The van der Waals surface area contributed by atoms with Crippen molar-refractivity contribution in [3.63, 3.8) is 0 Å². The minimum absolute atomic E-state index is 0.732. The number of rotatable bonds is 6. The first-order chi connectivity index (χ1) is 18.6. The van der Waals surface area contributed by atoms with Crippen molar-refractivity contribution in [1.29, 1.82) is 0 Å². The van der Waals surface area contributed by atoms with Crippen molar-refractivity contribution in [3.05, 3.63) is 132 Å². The van der Waals surface area contributed by atoms with Crippen LogP contribution in [0.1, 0.15) is 11.1 Å². The van der Waals surface area contributed by atoms with Crippen molar-refractivity contribution in [1.82, 2.24) is 9.97 Å². The molecule has 5 aromatic carbocycles. The van der Waals surface area contributed by atoms with Crippen LogP contribution < -0.4 is 10.6 Å². The number of benzene rings is 5. The number of nitrogens with one attached hydrogen (secondary N) is 1. The number of nitrogens with zero attached hydrogens (tertiary/aromatic N) is 2. The molecule has 3 N–H and O–H groups in total.